The number of furan rings is 1. The van der Waals surface area contributed by atoms with Gasteiger partial charge in [-0.1, -0.05) is 190 Å². The van der Waals surface area contributed by atoms with Crippen LogP contribution in [0, 0.1) is 0 Å². The van der Waals surface area contributed by atoms with Crippen LogP contribution in [0.3, 0.4) is 0 Å². The van der Waals surface area contributed by atoms with Gasteiger partial charge in [0.1, 0.15) is 5.58 Å². The molecule has 0 aliphatic rings. The highest BCUT2D eigenvalue weighted by molar-refractivity contribution is 7.26. The van der Waals surface area contributed by atoms with Gasteiger partial charge in [-0.15, -0.1) is 11.3 Å². The number of benzene rings is 12. The molecule has 378 valence electrons. The average molecular weight is 1040 g/mol. The van der Waals surface area contributed by atoms with Crippen molar-refractivity contribution >= 4 is 135 Å². The topological polar surface area (TPSA) is 35.4 Å². The standard InChI is InChI=1S/C75H51N3OS/c1-44(2)70(60-32-18-30-57-55-28-14-16-34-65(55)77(72(57)60)53-25-6-5-7-26-53)76-71(61-33-19-31-59-56-29-15-17-35-69(56)80-75(59)61)46(4)45(3)52-40-64-58-37-36-47-20-12-13-27-54(47)73(58)79-74(64)68(43-52)78-66-41-50-23-10-8-21-48(50)38-62(66)63-39-49-22-9-11-24-51(49)42-67(63)78/h5-43,45,71H,1,4H2,2-3H3/t45?,71-/m1/s1. The van der Waals surface area contributed by atoms with Gasteiger partial charge in [-0.2, -0.15) is 0 Å². The normalized spacial score (nSPS) is 13.2. The maximum Gasteiger partial charge on any atom is 0.159 e. The second-order valence-corrected chi connectivity index (χ2v) is 22.7. The quantitative estimate of drug-likeness (QED) is 0.105. The summed E-state index contributed by atoms with van der Waals surface area (Å²) in [7, 11) is 0. The summed E-state index contributed by atoms with van der Waals surface area (Å²) in [5.41, 5.74) is 14.3. The van der Waals surface area contributed by atoms with E-state index in [1.165, 1.54) is 63.3 Å². The molecule has 0 N–H and O–H groups in total. The Kier molecular flexibility index (Phi) is 10.3. The molecule has 16 rings (SSSR count). The van der Waals surface area contributed by atoms with E-state index in [9.17, 15) is 0 Å². The Morgan fingerprint density at radius 2 is 1.06 bits per heavy atom. The summed E-state index contributed by atoms with van der Waals surface area (Å²) >= 11 is 1.84. The lowest BCUT2D eigenvalue weighted by atomic mass is 9.85. The van der Waals surface area contributed by atoms with Crippen molar-refractivity contribution in [2.75, 3.05) is 0 Å². The van der Waals surface area contributed by atoms with Crippen molar-refractivity contribution in [1.29, 1.82) is 0 Å². The smallest absolute Gasteiger partial charge is 0.159 e. The lowest BCUT2D eigenvalue weighted by molar-refractivity contribution is 0.669. The van der Waals surface area contributed by atoms with E-state index in [4.69, 9.17) is 22.6 Å². The lowest BCUT2D eigenvalue weighted by Crippen LogP contribution is -2.13. The van der Waals surface area contributed by atoms with Gasteiger partial charge in [0, 0.05) is 75.0 Å². The monoisotopic (exact) mass is 1040 g/mol. The van der Waals surface area contributed by atoms with E-state index >= 15 is 0 Å². The molecule has 0 aliphatic heterocycles. The molecule has 0 saturated heterocycles. The van der Waals surface area contributed by atoms with Crippen LogP contribution in [0.5, 0.6) is 0 Å². The van der Waals surface area contributed by atoms with Crippen molar-refractivity contribution in [2.24, 2.45) is 4.99 Å². The van der Waals surface area contributed by atoms with Crippen molar-refractivity contribution in [3.8, 4) is 11.4 Å². The van der Waals surface area contributed by atoms with Crippen molar-refractivity contribution in [3.63, 3.8) is 0 Å². The molecule has 1 unspecified atom stereocenters. The highest BCUT2D eigenvalue weighted by Crippen LogP contribution is 2.48. The van der Waals surface area contributed by atoms with E-state index in [1.54, 1.807) is 0 Å². The van der Waals surface area contributed by atoms with Gasteiger partial charge < -0.3 is 13.6 Å². The Labute approximate surface area is 465 Å². The molecule has 0 amide bonds. The van der Waals surface area contributed by atoms with Gasteiger partial charge >= 0.3 is 0 Å². The molecule has 4 nitrogen and oxygen atoms in total. The number of aromatic nitrogens is 2. The molecule has 0 fully saturated rings. The highest BCUT2D eigenvalue weighted by Gasteiger charge is 2.29. The maximum atomic E-state index is 7.33. The maximum absolute atomic E-state index is 7.33. The zero-order valence-corrected chi connectivity index (χ0v) is 45.1. The van der Waals surface area contributed by atoms with Crippen LogP contribution in [0.25, 0.3) is 129 Å². The van der Waals surface area contributed by atoms with E-state index in [0.29, 0.717) is 0 Å². The Bertz CT molecular complexity index is 5240. The summed E-state index contributed by atoms with van der Waals surface area (Å²) in [6.45, 7) is 14.3. The third-order valence-corrected chi connectivity index (χ3v) is 18.2. The van der Waals surface area contributed by atoms with Crippen molar-refractivity contribution in [2.45, 2.75) is 25.8 Å². The fourth-order valence-electron chi connectivity index (χ4n) is 13.1. The predicted molar refractivity (Wildman–Crippen MR) is 342 cm³/mol. The number of para-hydroxylation sites is 3. The van der Waals surface area contributed by atoms with Crippen molar-refractivity contribution in [1.82, 2.24) is 9.13 Å². The van der Waals surface area contributed by atoms with Gasteiger partial charge in [0.2, 0.25) is 0 Å². The van der Waals surface area contributed by atoms with Crippen LogP contribution < -0.4 is 0 Å². The van der Waals surface area contributed by atoms with Gasteiger partial charge in [0.15, 0.2) is 5.58 Å². The zero-order chi connectivity index (χ0) is 53.3. The first-order valence-electron chi connectivity index (χ1n) is 27.5. The largest absolute Gasteiger partial charge is 0.453 e. The Balaban J connectivity index is 0.969. The van der Waals surface area contributed by atoms with E-state index < -0.39 is 6.04 Å². The molecule has 4 aromatic heterocycles. The predicted octanol–water partition coefficient (Wildman–Crippen LogP) is 21.1. The van der Waals surface area contributed by atoms with E-state index in [2.05, 4.69) is 260 Å². The fourth-order valence-corrected chi connectivity index (χ4v) is 14.3. The van der Waals surface area contributed by atoms with Crippen LogP contribution in [0.1, 0.15) is 42.5 Å². The summed E-state index contributed by atoms with van der Waals surface area (Å²) in [4.78, 5) is 6.07. The minimum absolute atomic E-state index is 0.199. The number of rotatable bonds is 9. The van der Waals surface area contributed by atoms with Crippen molar-refractivity contribution < 1.29 is 4.42 Å². The van der Waals surface area contributed by atoms with Crippen LogP contribution in [0.15, 0.2) is 270 Å². The molecule has 80 heavy (non-hydrogen) atoms. The molecule has 0 radical (unpaired) electrons. The van der Waals surface area contributed by atoms with Crippen LogP contribution in [-0.4, -0.2) is 14.8 Å². The molecule has 4 heterocycles. The van der Waals surface area contributed by atoms with Crippen LogP contribution in [0.2, 0.25) is 0 Å². The van der Waals surface area contributed by atoms with Gasteiger partial charge in [-0.3, -0.25) is 4.99 Å². The SMILES string of the molecule is C=C(C)C(=N[C@H](C(=C)C(C)c1cc(-n2c3cc4ccccc4cc3c3cc4ccccc4cc32)c2oc3c4ccccc4ccc3c2c1)c1cccc2c1sc1ccccc12)c1cccc2c3ccccc3n(-c3ccccc3)c12. The fraction of sp³-hybridized carbons (Fsp3) is 0.0533. The van der Waals surface area contributed by atoms with Gasteiger partial charge in [0.25, 0.3) is 0 Å². The summed E-state index contributed by atoms with van der Waals surface area (Å²) in [6.07, 6.45) is 0. The first-order chi connectivity index (χ1) is 39.3. The second-order valence-electron chi connectivity index (χ2n) is 21.6. The lowest BCUT2D eigenvalue weighted by Gasteiger charge is -2.25. The number of aliphatic imine (C=N–C) groups is 1. The minimum atomic E-state index is -0.478. The van der Waals surface area contributed by atoms with E-state index in [0.717, 1.165) is 99.7 Å². The van der Waals surface area contributed by atoms with Crippen molar-refractivity contribution in [3.05, 3.63) is 278 Å². The Hall–Kier alpha value is -9.81. The average Bonchev–Trinajstić information content (AvgIpc) is 4.46. The number of allylic oxidation sites excluding steroid dienone is 1. The van der Waals surface area contributed by atoms with Gasteiger partial charge in [-0.05, 0) is 123 Å². The highest BCUT2D eigenvalue weighted by atomic mass is 32.1. The second kappa shape index (κ2) is 17.9. The molecule has 2 atom stereocenters. The number of hydrogen-bond donors (Lipinski definition) is 0. The molecule has 12 aromatic carbocycles. The van der Waals surface area contributed by atoms with Gasteiger partial charge in [-0.25, -0.2) is 0 Å². The summed E-state index contributed by atoms with van der Waals surface area (Å²) in [6, 6.07) is 85.7. The Morgan fingerprint density at radius 1 is 0.463 bits per heavy atom. The third kappa shape index (κ3) is 6.97. The number of thiophene rings is 1. The van der Waals surface area contributed by atoms with E-state index in [1.807, 2.05) is 11.3 Å². The third-order valence-electron chi connectivity index (χ3n) is 17.0. The summed E-state index contributed by atoms with van der Waals surface area (Å²) in [5.74, 6) is -0.199. The Morgan fingerprint density at radius 3 is 1.79 bits per heavy atom. The molecule has 0 aliphatic carbocycles. The number of fused-ring (bicyclic) bond motifs is 16. The van der Waals surface area contributed by atoms with Crippen LogP contribution in [-0.2, 0) is 0 Å². The zero-order valence-electron chi connectivity index (χ0n) is 44.2. The molecule has 0 saturated carbocycles. The van der Waals surface area contributed by atoms with Crippen LogP contribution >= 0.6 is 11.3 Å². The first kappa shape index (κ1) is 46.3. The van der Waals surface area contributed by atoms with Crippen LogP contribution in [0.4, 0.5) is 0 Å². The van der Waals surface area contributed by atoms with E-state index in [-0.39, 0.29) is 5.92 Å². The summed E-state index contributed by atoms with van der Waals surface area (Å²) < 4.78 is 14.7. The number of hydrogen-bond acceptors (Lipinski definition) is 3. The summed E-state index contributed by atoms with van der Waals surface area (Å²) in [5, 5.41) is 16.4. The minimum Gasteiger partial charge on any atom is -0.453 e. The molecule has 0 spiro atoms. The van der Waals surface area contributed by atoms with Gasteiger partial charge in [0.05, 0.1) is 39.5 Å². The molecule has 16 aromatic rings. The number of nitrogens with zero attached hydrogens (tertiary/aromatic N) is 3. The molecule has 5 heteroatoms. The molecular formula is C75H51N3OS. The molecular weight excluding hydrogens is 991 g/mol. The first-order valence-corrected chi connectivity index (χ1v) is 28.3. The molecule has 0 bridgehead atoms.